The van der Waals surface area contributed by atoms with E-state index in [-0.39, 0.29) is 28.3 Å². The topological polar surface area (TPSA) is 98.5 Å². The van der Waals surface area contributed by atoms with Crippen LogP contribution >= 0.6 is 11.3 Å². The molecule has 1 unspecified atom stereocenters. The van der Waals surface area contributed by atoms with Gasteiger partial charge in [0.1, 0.15) is 4.88 Å². The first-order valence-corrected chi connectivity index (χ1v) is 9.73. The smallest absolute Gasteiger partial charge is 0.348 e. The van der Waals surface area contributed by atoms with Gasteiger partial charge in [0, 0.05) is 18.0 Å². The van der Waals surface area contributed by atoms with Crippen molar-refractivity contribution in [2.24, 2.45) is 11.7 Å². The molecule has 2 rings (SSSR count). The van der Waals surface area contributed by atoms with Crippen LogP contribution in [0.25, 0.3) is 0 Å². The van der Waals surface area contributed by atoms with Gasteiger partial charge in [-0.3, -0.25) is 0 Å². The summed E-state index contributed by atoms with van der Waals surface area (Å²) >= 11 is 1.05. The summed E-state index contributed by atoms with van der Waals surface area (Å²) in [5.41, 5.74) is 5.77. The van der Waals surface area contributed by atoms with E-state index in [2.05, 4.69) is 9.46 Å². The summed E-state index contributed by atoms with van der Waals surface area (Å²) in [5.74, 6) is -0.249. The SMILES string of the molecule is COC(=O)c1cc(S(=O)(=O)NC(CN)C2CCCCC2)cs1. The van der Waals surface area contributed by atoms with Gasteiger partial charge in [-0.05, 0) is 24.8 Å². The summed E-state index contributed by atoms with van der Waals surface area (Å²) in [4.78, 5) is 11.8. The largest absolute Gasteiger partial charge is 0.465 e. The average Bonchev–Trinajstić information content (AvgIpc) is 3.03. The van der Waals surface area contributed by atoms with Crippen molar-refractivity contribution in [3.8, 4) is 0 Å². The van der Waals surface area contributed by atoms with E-state index in [1.807, 2.05) is 0 Å². The molecule has 1 aromatic rings. The van der Waals surface area contributed by atoms with Crippen LogP contribution in [0.5, 0.6) is 0 Å². The molecule has 1 fully saturated rings. The Morgan fingerprint density at radius 2 is 2.14 bits per heavy atom. The maximum atomic E-state index is 12.5. The molecule has 3 N–H and O–H groups in total. The first-order valence-electron chi connectivity index (χ1n) is 7.37. The normalized spacial score (nSPS) is 18.1. The van der Waals surface area contributed by atoms with E-state index >= 15 is 0 Å². The Morgan fingerprint density at radius 3 is 2.73 bits per heavy atom. The molecule has 0 saturated heterocycles. The number of carbonyl (C=O) groups excluding carboxylic acids is 1. The van der Waals surface area contributed by atoms with Crippen LogP contribution in [0, 0.1) is 5.92 Å². The minimum atomic E-state index is -3.67. The first-order chi connectivity index (χ1) is 10.5. The minimum absolute atomic E-state index is 0.0900. The highest BCUT2D eigenvalue weighted by atomic mass is 32.2. The van der Waals surface area contributed by atoms with E-state index in [9.17, 15) is 13.2 Å². The number of hydrogen-bond acceptors (Lipinski definition) is 6. The lowest BCUT2D eigenvalue weighted by atomic mass is 9.84. The second-order valence-corrected chi connectivity index (χ2v) is 8.13. The molecular formula is C14H22N2O4S2. The predicted octanol–water partition coefficient (Wildman–Crippen LogP) is 1.72. The third kappa shape index (κ3) is 4.07. The van der Waals surface area contributed by atoms with Crippen LogP contribution in [-0.4, -0.2) is 34.1 Å². The molecule has 6 nitrogen and oxygen atoms in total. The van der Waals surface area contributed by atoms with Gasteiger partial charge in [-0.1, -0.05) is 19.3 Å². The highest BCUT2D eigenvalue weighted by molar-refractivity contribution is 7.89. The average molecular weight is 346 g/mol. The van der Waals surface area contributed by atoms with Gasteiger partial charge in [0.2, 0.25) is 10.0 Å². The van der Waals surface area contributed by atoms with Gasteiger partial charge in [0.05, 0.1) is 12.0 Å². The lowest BCUT2D eigenvalue weighted by Crippen LogP contribution is -2.45. The molecular weight excluding hydrogens is 324 g/mol. The molecule has 124 valence electrons. The molecule has 1 aromatic heterocycles. The zero-order valence-corrected chi connectivity index (χ0v) is 14.2. The van der Waals surface area contributed by atoms with Gasteiger partial charge in [-0.25, -0.2) is 17.9 Å². The van der Waals surface area contributed by atoms with Crippen LogP contribution in [0.15, 0.2) is 16.3 Å². The number of rotatable bonds is 6. The lowest BCUT2D eigenvalue weighted by molar-refractivity contribution is 0.0606. The molecule has 22 heavy (non-hydrogen) atoms. The zero-order chi connectivity index (χ0) is 16.2. The van der Waals surface area contributed by atoms with E-state index < -0.39 is 16.0 Å². The van der Waals surface area contributed by atoms with Gasteiger partial charge in [0.25, 0.3) is 0 Å². The zero-order valence-electron chi connectivity index (χ0n) is 12.6. The molecule has 1 aliphatic carbocycles. The molecule has 1 heterocycles. The van der Waals surface area contributed by atoms with Crippen LogP contribution in [0.1, 0.15) is 41.8 Å². The van der Waals surface area contributed by atoms with Crippen molar-refractivity contribution in [2.45, 2.75) is 43.0 Å². The molecule has 1 atom stereocenters. The number of ether oxygens (including phenoxy) is 1. The minimum Gasteiger partial charge on any atom is -0.465 e. The Labute approximate surface area is 135 Å². The molecule has 1 saturated carbocycles. The van der Waals surface area contributed by atoms with Crippen molar-refractivity contribution >= 4 is 27.3 Å². The Hall–Kier alpha value is -0.960. The van der Waals surface area contributed by atoms with Gasteiger partial charge >= 0.3 is 5.97 Å². The summed E-state index contributed by atoms with van der Waals surface area (Å²) < 4.78 is 32.2. The second kappa shape index (κ2) is 7.54. The number of nitrogens with one attached hydrogen (secondary N) is 1. The van der Waals surface area contributed by atoms with Crippen molar-refractivity contribution in [1.29, 1.82) is 0 Å². The molecule has 0 aliphatic heterocycles. The van der Waals surface area contributed by atoms with Crippen molar-refractivity contribution in [3.05, 3.63) is 16.3 Å². The summed E-state index contributed by atoms with van der Waals surface area (Å²) in [6.07, 6.45) is 5.44. The summed E-state index contributed by atoms with van der Waals surface area (Å²) in [6.45, 7) is 0.276. The number of hydrogen-bond donors (Lipinski definition) is 2. The number of methoxy groups -OCH3 is 1. The number of nitrogens with two attached hydrogens (primary N) is 1. The molecule has 0 bridgehead atoms. The number of thiophene rings is 1. The van der Waals surface area contributed by atoms with Crippen LogP contribution in [0.4, 0.5) is 0 Å². The van der Waals surface area contributed by atoms with Gasteiger partial charge < -0.3 is 10.5 Å². The van der Waals surface area contributed by atoms with E-state index in [1.165, 1.54) is 25.0 Å². The van der Waals surface area contributed by atoms with Crippen LogP contribution in [0.3, 0.4) is 0 Å². The van der Waals surface area contributed by atoms with E-state index in [0.717, 1.165) is 37.0 Å². The summed E-state index contributed by atoms with van der Waals surface area (Å²) in [7, 11) is -2.40. The molecule has 0 radical (unpaired) electrons. The van der Waals surface area contributed by atoms with Gasteiger partial charge in [-0.15, -0.1) is 11.3 Å². The van der Waals surface area contributed by atoms with Gasteiger partial charge in [-0.2, -0.15) is 0 Å². The third-order valence-corrected chi connectivity index (χ3v) is 6.58. The van der Waals surface area contributed by atoms with Crippen molar-refractivity contribution in [3.63, 3.8) is 0 Å². The van der Waals surface area contributed by atoms with E-state index in [4.69, 9.17) is 5.73 Å². The lowest BCUT2D eigenvalue weighted by Gasteiger charge is -2.29. The molecule has 1 aliphatic rings. The molecule has 0 aromatic carbocycles. The van der Waals surface area contributed by atoms with Crippen molar-refractivity contribution in [2.75, 3.05) is 13.7 Å². The Kier molecular flexibility index (Phi) is 5.96. The monoisotopic (exact) mass is 346 g/mol. The maximum Gasteiger partial charge on any atom is 0.348 e. The Bertz CT molecular complexity index is 606. The number of sulfonamides is 1. The first kappa shape index (κ1) is 17.4. The predicted molar refractivity (Wildman–Crippen MR) is 85.4 cm³/mol. The highest BCUT2D eigenvalue weighted by Gasteiger charge is 2.28. The second-order valence-electron chi connectivity index (χ2n) is 5.50. The van der Waals surface area contributed by atoms with E-state index in [1.54, 1.807) is 0 Å². The number of carbonyl (C=O) groups is 1. The summed E-state index contributed by atoms with van der Waals surface area (Å²) in [6, 6.07) is 1.08. The van der Waals surface area contributed by atoms with Crippen molar-refractivity contribution < 1.29 is 17.9 Å². The summed E-state index contributed by atoms with van der Waals surface area (Å²) in [5, 5.41) is 1.45. The third-order valence-electron chi connectivity index (χ3n) is 4.05. The fraction of sp³-hybridized carbons (Fsp3) is 0.643. The van der Waals surface area contributed by atoms with Crippen LogP contribution in [-0.2, 0) is 14.8 Å². The molecule has 0 spiro atoms. The fourth-order valence-electron chi connectivity index (χ4n) is 2.81. The Morgan fingerprint density at radius 1 is 1.45 bits per heavy atom. The standard InChI is InChI=1S/C14H22N2O4S2/c1-20-14(17)13-7-11(9-21-13)22(18,19)16-12(8-15)10-5-3-2-4-6-10/h7,9-10,12,16H,2-6,8,15H2,1H3. The van der Waals surface area contributed by atoms with Gasteiger partial charge in [0.15, 0.2) is 0 Å². The Balaban J connectivity index is 2.11. The molecule has 0 amide bonds. The quantitative estimate of drug-likeness (QED) is 0.764. The van der Waals surface area contributed by atoms with Crippen LogP contribution < -0.4 is 10.5 Å². The molecule has 8 heteroatoms. The fourth-order valence-corrected chi connectivity index (χ4v) is 5.32. The van der Waals surface area contributed by atoms with Crippen LogP contribution in [0.2, 0.25) is 0 Å². The number of esters is 1. The van der Waals surface area contributed by atoms with Crippen molar-refractivity contribution in [1.82, 2.24) is 4.72 Å². The van der Waals surface area contributed by atoms with E-state index in [0.29, 0.717) is 0 Å². The maximum absolute atomic E-state index is 12.5. The highest BCUT2D eigenvalue weighted by Crippen LogP contribution is 2.27.